The van der Waals surface area contributed by atoms with E-state index in [-0.39, 0.29) is 17.3 Å². The zero-order valence-corrected chi connectivity index (χ0v) is 19.6. The predicted molar refractivity (Wildman–Crippen MR) is 107 cm³/mol. The van der Waals surface area contributed by atoms with E-state index >= 15 is 0 Å². The van der Waals surface area contributed by atoms with E-state index in [1.165, 1.54) is 0 Å². The standard InChI is InChI=1S/C20H40O5Si/c1-12-14-20(8,25-19(6,7)23-14)16(22)13(2)15(21)17(18(3,4)5)24-26(9,10)11/h13-14,16-17,22H,12H2,1-11H3/t13-,14-,16+,17-,20-/m1/s1. The molecule has 1 aliphatic heterocycles. The third kappa shape index (κ3) is 5.38. The molecule has 6 heteroatoms. The van der Waals surface area contributed by atoms with Crippen LogP contribution in [-0.4, -0.2) is 48.9 Å². The van der Waals surface area contributed by atoms with Gasteiger partial charge in [0.15, 0.2) is 19.9 Å². The SMILES string of the molecule is CC[C@H]1OC(C)(C)O[C@@]1(C)[C@@H](O)[C@H](C)C(=O)[C@@H](O[Si](C)(C)C)C(C)(C)C. The topological polar surface area (TPSA) is 65.0 Å². The average molecular weight is 389 g/mol. The van der Waals surface area contributed by atoms with Crippen LogP contribution in [0, 0.1) is 11.3 Å². The summed E-state index contributed by atoms with van der Waals surface area (Å²) in [5.41, 5.74) is -1.28. The fraction of sp³-hybridized carbons (Fsp3) is 0.950. The van der Waals surface area contributed by atoms with Gasteiger partial charge in [0, 0.05) is 5.92 Å². The molecular weight excluding hydrogens is 348 g/mol. The zero-order valence-electron chi connectivity index (χ0n) is 18.6. The Morgan fingerprint density at radius 1 is 1.23 bits per heavy atom. The van der Waals surface area contributed by atoms with Crippen LogP contribution in [0.5, 0.6) is 0 Å². The number of carbonyl (C=O) groups is 1. The molecule has 0 amide bonds. The fourth-order valence-corrected chi connectivity index (χ4v) is 4.90. The van der Waals surface area contributed by atoms with Crippen molar-refractivity contribution in [2.75, 3.05) is 0 Å². The third-order valence-corrected chi connectivity index (χ3v) is 5.87. The molecule has 5 nitrogen and oxygen atoms in total. The van der Waals surface area contributed by atoms with E-state index in [0.29, 0.717) is 6.42 Å². The summed E-state index contributed by atoms with van der Waals surface area (Å²) in [4.78, 5) is 13.3. The summed E-state index contributed by atoms with van der Waals surface area (Å²) in [6.07, 6.45) is -1.10. The number of Topliss-reactive ketones (excluding diaryl/α,β-unsaturated/α-hetero) is 1. The molecule has 0 spiro atoms. The van der Waals surface area contributed by atoms with E-state index < -0.39 is 37.8 Å². The smallest absolute Gasteiger partial charge is 0.184 e. The molecule has 0 aromatic rings. The summed E-state index contributed by atoms with van der Waals surface area (Å²) in [5.74, 6) is -1.47. The molecular formula is C20H40O5Si. The van der Waals surface area contributed by atoms with Crippen LogP contribution in [-0.2, 0) is 18.7 Å². The summed E-state index contributed by atoms with van der Waals surface area (Å²) in [6.45, 7) is 21.5. The molecule has 5 atom stereocenters. The number of hydrogen-bond acceptors (Lipinski definition) is 5. The van der Waals surface area contributed by atoms with Crippen molar-refractivity contribution >= 4 is 14.1 Å². The largest absolute Gasteiger partial charge is 0.407 e. The van der Waals surface area contributed by atoms with Gasteiger partial charge in [-0.1, -0.05) is 34.6 Å². The highest BCUT2D eigenvalue weighted by Crippen LogP contribution is 2.42. The third-order valence-electron chi connectivity index (χ3n) is 4.93. The van der Waals surface area contributed by atoms with Gasteiger partial charge in [0.05, 0.1) is 12.2 Å². The quantitative estimate of drug-likeness (QED) is 0.664. The normalized spacial score (nSPS) is 30.1. The molecule has 0 aromatic heterocycles. The van der Waals surface area contributed by atoms with Gasteiger partial charge in [-0.15, -0.1) is 0 Å². The first kappa shape index (κ1) is 23.8. The van der Waals surface area contributed by atoms with Crippen LogP contribution >= 0.6 is 0 Å². The minimum atomic E-state index is -1.93. The number of aliphatic hydroxyl groups excluding tert-OH is 1. The van der Waals surface area contributed by atoms with E-state index in [2.05, 4.69) is 19.6 Å². The second-order valence-electron chi connectivity index (χ2n) is 10.3. The highest BCUT2D eigenvalue weighted by atomic mass is 28.4. The van der Waals surface area contributed by atoms with Gasteiger partial charge >= 0.3 is 0 Å². The van der Waals surface area contributed by atoms with Crippen LogP contribution in [0.25, 0.3) is 0 Å². The molecule has 1 N–H and O–H groups in total. The van der Waals surface area contributed by atoms with Gasteiger partial charge in [-0.2, -0.15) is 0 Å². The highest BCUT2D eigenvalue weighted by Gasteiger charge is 2.56. The molecule has 0 aromatic carbocycles. The molecule has 0 aliphatic carbocycles. The lowest BCUT2D eigenvalue weighted by Crippen LogP contribution is -2.55. The van der Waals surface area contributed by atoms with Crippen LogP contribution in [0.4, 0.5) is 0 Å². The van der Waals surface area contributed by atoms with Crippen molar-refractivity contribution < 1.29 is 23.8 Å². The summed E-state index contributed by atoms with van der Waals surface area (Å²) in [6, 6.07) is 0. The highest BCUT2D eigenvalue weighted by molar-refractivity contribution is 6.69. The molecule has 1 rings (SSSR count). The fourth-order valence-electron chi connectivity index (χ4n) is 3.72. The first-order chi connectivity index (χ1) is 11.4. The summed E-state index contributed by atoms with van der Waals surface area (Å²) in [7, 11) is -1.93. The Labute approximate surface area is 160 Å². The summed E-state index contributed by atoms with van der Waals surface area (Å²) in [5, 5.41) is 11.1. The van der Waals surface area contributed by atoms with Gasteiger partial charge in [0.25, 0.3) is 0 Å². The van der Waals surface area contributed by atoms with Gasteiger partial charge in [0.1, 0.15) is 11.7 Å². The Kier molecular flexibility index (Phi) is 6.97. The number of hydrogen-bond donors (Lipinski definition) is 1. The van der Waals surface area contributed by atoms with Gasteiger partial charge in [-0.05, 0) is 52.2 Å². The average Bonchev–Trinajstić information content (AvgIpc) is 2.70. The number of ketones is 1. The van der Waals surface area contributed by atoms with Crippen LogP contribution in [0.15, 0.2) is 0 Å². The number of rotatable bonds is 7. The first-order valence-electron chi connectivity index (χ1n) is 9.72. The number of aliphatic hydroxyl groups is 1. The summed E-state index contributed by atoms with van der Waals surface area (Å²) < 4.78 is 18.3. The van der Waals surface area contributed by atoms with Gasteiger partial charge in [0.2, 0.25) is 0 Å². The van der Waals surface area contributed by atoms with Crippen molar-refractivity contribution in [1.29, 1.82) is 0 Å². The van der Waals surface area contributed by atoms with Crippen molar-refractivity contribution in [1.82, 2.24) is 0 Å². The van der Waals surface area contributed by atoms with Gasteiger partial charge in [-0.3, -0.25) is 4.79 Å². The van der Waals surface area contributed by atoms with Crippen LogP contribution < -0.4 is 0 Å². The van der Waals surface area contributed by atoms with Crippen LogP contribution in [0.1, 0.15) is 61.8 Å². The second-order valence-corrected chi connectivity index (χ2v) is 14.8. The maximum Gasteiger partial charge on any atom is 0.184 e. The van der Waals surface area contributed by atoms with E-state index in [4.69, 9.17) is 13.9 Å². The second kappa shape index (κ2) is 7.63. The monoisotopic (exact) mass is 388 g/mol. The molecule has 1 heterocycles. The Hall–Kier alpha value is -0.273. The van der Waals surface area contributed by atoms with Crippen molar-refractivity contribution in [3.8, 4) is 0 Å². The Bertz CT molecular complexity index is 505. The molecule has 0 saturated carbocycles. The van der Waals surface area contributed by atoms with E-state index in [0.717, 1.165) is 0 Å². The Morgan fingerprint density at radius 3 is 2.12 bits per heavy atom. The molecule has 154 valence electrons. The lowest BCUT2D eigenvalue weighted by molar-refractivity contribution is -0.188. The minimum absolute atomic E-state index is 0.0724. The Balaban J connectivity index is 3.11. The minimum Gasteiger partial charge on any atom is -0.407 e. The van der Waals surface area contributed by atoms with Crippen LogP contribution in [0.3, 0.4) is 0 Å². The maximum absolute atomic E-state index is 13.3. The molecule has 0 unspecified atom stereocenters. The van der Waals surface area contributed by atoms with Gasteiger partial charge in [-0.25, -0.2) is 0 Å². The lowest BCUT2D eigenvalue weighted by atomic mass is 9.77. The molecule has 1 fully saturated rings. The Morgan fingerprint density at radius 2 is 1.73 bits per heavy atom. The molecule has 26 heavy (non-hydrogen) atoms. The van der Waals surface area contributed by atoms with Crippen molar-refractivity contribution in [2.45, 2.75) is 111 Å². The maximum atomic E-state index is 13.3. The van der Waals surface area contributed by atoms with Gasteiger partial charge < -0.3 is 19.0 Å². The number of carbonyl (C=O) groups excluding carboxylic acids is 1. The van der Waals surface area contributed by atoms with Crippen molar-refractivity contribution in [3.63, 3.8) is 0 Å². The molecule has 1 aliphatic rings. The van der Waals surface area contributed by atoms with Crippen molar-refractivity contribution in [2.24, 2.45) is 11.3 Å². The molecule has 1 saturated heterocycles. The molecule has 0 bridgehead atoms. The van der Waals surface area contributed by atoms with Crippen molar-refractivity contribution in [3.05, 3.63) is 0 Å². The number of ether oxygens (including phenoxy) is 2. The zero-order chi connectivity index (χ0) is 20.7. The summed E-state index contributed by atoms with van der Waals surface area (Å²) >= 11 is 0. The van der Waals surface area contributed by atoms with E-state index in [9.17, 15) is 9.90 Å². The van der Waals surface area contributed by atoms with E-state index in [1.54, 1.807) is 6.92 Å². The molecule has 0 radical (unpaired) electrons. The van der Waals surface area contributed by atoms with Crippen LogP contribution in [0.2, 0.25) is 19.6 Å². The van der Waals surface area contributed by atoms with E-state index in [1.807, 2.05) is 48.5 Å². The lowest BCUT2D eigenvalue weighted by Gasteiger charge is -2.40. The first-order valence-corrected chi connectivity index (χ1v) is 13.1. The predicted octanol–water partition coefficient (Wildman–Crippen LogP) is 4.14.